The lowest BCUT2D eigenvalue weighted by molar-refractivity contribution is -0.167. The van der Waals surface area contributed by atoms with Gasteiger partial charge in [0.2, 0.25) is 0 Å². The molecule has 0 fully saturated rings. The normalized spacial score (nSPS) is 12.5. The third kappa shape index (κ3) is 48.1. The van der Waals surface area contributed by atoms with Gasteiger partial charge in [-0.1, -0.05) is 242 Å². The van der Waals surface area contributed by atoms with Crippen LogP contribution in [0.15, 0.2) is 60.8 Å². The number of carbonyl (C=O) groups is 3. The summed E-state index contributed by atoms with van der Waals surface area (Å²) >= 11 is 0. The van der Waals surface area contributed by atoms with E-state index in [1.54, 1.807) is 0 Å². The SMILES string of the molecule is CC/C=C\C/C=C\C/C=C\C/C=C\C/C=C\CCCC(=O)OC[C@H](COC(=O)CCCCCCCCCCCCCC)OC(=O)CCCCCCCCCCCCCCCCC. The van der Waals surface area contributed by atoms with Crippen LogP contribution in [-0.4, -0.2) is 37.2 Å². The first-order valence-corrected chi connectivity index (χ1v) is 26.3. The number of ether oxygens (including phenoxy) is 3. The first-order valence-electron chi connectivity index (χ1n) is 26.3. The van der Waals surface area contributed by atoms with Crippen LogP contribution < -0.4 is 0 Å². The molecule has 0 aromatic heterocycles. The van der Waals surface area contributed by atoms with Gasteiger partial charge in [-0.3, -0.25) is 14.4 Å². The second-order valence-electron chi connectivity index (χ2n) is 17.4. The molecule has 0 saturated heterocycles. The fourth-order valence-electron chi connectivity index (χ4n) is 7.36. The van der Waals surface area contributed by atoms with Gasteiger partial charge < -0.3 is 14.2 Å². The third-order valence-electron chi connectivity index (χ3n) is 11.3. The van der Waals surface area contributed by atoms with Gasteiger partial charge >= 0.3 is 17.9 Å². The predicted octanol–water partition coefficient (Wildman–Crippen LogP) is 17.3. The molecule has 6 nitrogen and oxygen atoms in total. The van der Waals surface area contributed by atoms with E-state index in [0.29, 0.717) is 19.3 Å². The molecule has 0 radical (unpaired) electrons. The first-order chi connectivity index (χ1) is 30.5. The highest BCUT2D eigenvalue weighted by Gasteiger charge is 2.19. The Kier molecular flexibility index (Phi) is 48.4. The summed E-state index contributed by atoms with van der Waals surface area (Å²) in [5.41, 5.74) is 0. The number of hydrogen-bond donors (Lipinski definition) is 0. The van der Waals surface area contributed by atoms with Crippen LogP contribution in [0.3, 0.4) is 0 Å². The summed E-state index contributed by atoms with van der Waals surface area (Å²) in [6.07, 6.45) is 62.1. The highest BCUT2D eigenvalue weighted by atomic mass is 16.6. The molecule has 0 amide bonds. The van der Waals surface area contributed by atoms with Gasteiger partial charge in [-0.05, 0) is 57.8 Å². The van der Waals surface area contributed by atoms with Crippen LogP contribution in [0.1, 0.15) is 258 Å². The predicted molar refractivity (Wildman–Crippen MR) is 265 cm³/mol. The van der Waals surface area contributed by atoms with Crippen LogP contribution in [0.4, 0.5) is 0 Å². The Labute approximate surface area is 383 Å². The number of unbranched alkanes of at least 4 members (excludes halogenated alkanes) is 26. The quantitative estimate of drug-likeness (QED) is 0.0262. The molecule has 358 valence electrons. The second kappa shape index (κ2) is 50.8. The molecule has 0 N–H and O–H groups in total. The lowest BCUT2D eigenvalue weighted by atomic mass is 10.0. The van der Waals surface area contributed by atoms with Crippen molar-refractivity contribution in [1.82, 2.24) is 0 Å². The van der Waals surface area contributed by atoms with Crippen molar-refractivity contribution >= 4 is 17.9 Å². The molecule has 0 bridgehead atoms. The molecule has 0 spiro atoms. The average molecular weight is 867 g/mol. The molecule has 0 aliphatic heterocycles. The zero-order valence-electron chi connectivity index (χ0n) is 40.9. The first kappa shape index (κ1) is 59.1. The summed E-state index contributed by atoms with van der Waals surface area (Å²) in [5, 5.41) is 0. The zero-order valence-corrected chi connectivity index (χ0v) is 40.9. The Morgan fingerprint density at radius 3 is 0.984 bits per heavy atom. The molecule has 0 unspecified atom stereocenters. The number of hydrogen-bond acceptors (Lipinski definition) is 6. The Balaban J connectivity index is 4.44. The number of esters is 3. The molecule has 0 aromatic carbocycles. The number of rotatable bonds is 47. The Morgan fingerprint density at radius 2 is 0.629 bits per heavy atom. The minimum Gasteiger partial charge on any atom is -0.462 e. The van der Waals surface area contributed by atoms with E-state index < -0.39 is 6.10 Å². The molecule has 6 heteroatoms. The molecule has 0 heterocycles. The van der Waals surface area contributed by atoms with Gasteiger partial charge in [0.15, 0.2) is 6.10 Å². The van der Waals surface area contributed by atoms with Gasteiger partial charge in [0.25, 0.3) is 0 Å². The van der Waals surface area contributed by atoms with Crippen LogP contribution in [0.25, 0.3) is 0 Å². The molecular weight excluding hydrogens is 769 g/mol. The second-order valence-corrected chi connectivity index (χ2v) is 17.4. The Morgan fingerprint density at radius 1 is 0.339 bits per heavy atom. The van der Waals surface area contributed by atoms with Crippen molar-refractivity contribution in [2.45, 2.75) is 264 Å². The standard InChI is InChI=1S/C56H98O6/c1-4-7-10-13-16-19-22-25-27-28-30-31-34-37-40-43-46-49-55(58)61-52-53(51-60-54(57)48-45-42-39-36-33-24-21-18-15-12-9-6-3)62-56(59)50-47-44-41-38-35-32-29-26-23-20-17-14-11-8-5-2/h7,10,16,19,25,27,30-31,37,40,53H,4-6,8-9,11-15,17-18,20-24,26,28-29,32-36,38-39,41-52H2,1-3H3/b10-7-,19-16-,27-25-,31-30-,40-37-/t53-/m0/s1. The van der Waals surface area contributed by atoms with Crippen molar-refractivity contribution in [3.63, 3.8) is 0 Å². The van der Waals surface area contributed by atoms with Crippen LogP contribution >= 0.6 is 0 Å². The van der Waals surface area contributed by atoms with Gasteiger partial charge in [-0.15, -0.1) is 0 Å². The van der Waals surface area contributed by atoms with E-state index in [1.807, 2.05) is 0 Å². The Hall–Kier alpha value is -2.89. The van der Waals surface area contributed by atoms with E-state index in [0.717, 1.165) is 77.0 Å². The number of carbonyl (C=O) groups excluding carboxylic acids is 3. The molecule has 0 aromatic rings. The third-order valence-corrected chi connectivity index (χ3v) is 11.3. The fourth-order valence-corrected chi connectivity index (χ4v) is 7.36. The largest absolute Gasteiger partial charge is 0.462 e. The zero-order chi connectivity index (χ0) is 45.1. The lowest BCUT2D eigenvalue weighted by Gasteiger charge is -2.18. The van der Waals surface area contributed by atoms with E-state index in [-0.39, 0.29) is 37.5 Å². The van der Waals surface area contributed by atoms with Gasteiger partial charge in [0.05, 0.1) is 0 Å². The van der Waals surface area contributed by atoms with Crippen molar-refractivity contribution in [2.75, 3.05) is 13.2 Å². The maximum Gasteiger partial charge on any atom is 0.306 e. The summed E-state index contributed by atoms with van der Waals surface area (Å²) < 4.78 is 16.8. The van der Waals surface area contributed by atoms with Gasteiger partial charge in [0.1, 0.15) is 13.2 Å². The van der Waals surface area contributed by atoms with Crippen LogP contribution in [0.2, 0.25) is 0 Å². The molecular formula is C56H98O6. The van der Waals surface area contributed by atoms with Crippen molar-refractivity contribution < 1.29 is 28.6 Å². The van der Waals surface area contributed by atoms with Crippen LogP contribution in [-0.2, 0) is 28.6 Å². The van der Waals surface area contributed by atoms with Gasteiger partial charge in [0, 0.05) is 19.3 Å². The summed E-state index contributed by atoms with van der Waals surface area (Å²) in [5.74, 6) is -0.941. The fraction of sp³-hybridized carbons (Fsp3) is 0.768. The maximum absolute atomic E-state index is 12.8. The summed E-state index contributed by atoms with van der Waals surface area (Å²) in [4.78, 5) is 38.0. The molecule has 0 rings (SSSR count). The highest BCUT2D eigenvalue weighted by molar-refractivity contribution is 5.71. The van der Waals surface area contributed by atoms with E-state index in [1.165, 1.54) is 135 Å². The number of allylic oxidation sites excluding steroid dienone is 10. The molecule has 0 saturated carbocycles. The van der Waals surface area contributed by atoms with Crippen LogP contribution in [0, 0.1) is 0 Å². The van der Waals surface area contributed by atoms with Crippen molar-refractivity contribution in [3.05, 3.63) is 60.8 Å². The van der Waals surface area contributed by atoms with Crippen molar-refractivity contribution in [2.24, 2.45) is 0 Å². The van der Waals surface area contributed by atoms with Crippen molar-refractivity contribution in [3.8, 4) is 0 Å². The molecule has 0 aliphatic carbocycles. The van der Waals surface area contributed by atoms with Gasteiger partial charge in [-0.25, -0.2) is 0 Å². The lowest BCUT2D eigenvalue weighted by Crippen LogP contribution is -2.30. The topological polar surface area (TPSA) is 78.9 Å². The van der Waals surface area contributed by atoms with E-state index >= 15 is 0 Å². The van der Waals surface area contributed by atoms with E-state index in [2.05, 4.69) is 81.5 Å². The minimum atomic E-state index is -0.792. The Bertz CT molecular complexity index is 1130. The summed E-state index contributed by atoms with van der Waals surface area (Å²) in [6, 6.07) is 0. The summed E-state index contributed by atoms with van der Waals surface area (Å²) in [6.45, 7) is 6.49. The summed E-state index contributed by atoms with van der Waals surface area (Å²) in [7, 11) is 0. The van der Waals surface area contributed by atoms with Gasteiger partial charge in [-0.2, -0.15) is 0 Å². The van der Waals surface area contributed by atoms with E-state index in [4.69, 9.17) is 14.2 Å². The smallest absolute Gasteiger partial charge is 0.306 e. The maximum atomic E-state index is 12.8. The molecule has 0 aliphatic rings. The molecule has 1 atom stereocenters. The minimum absolute atomic E-state index is 0.0883. The monoisotopic (exact) mass is 867 g/mol. The van der Waals surface area contributed by atoms with E-state index in [9.17, 15) is 14.4 Å². The highest BCUT2D eigenvalue weighted by Crippen LogP contribution is 2.16. The van der Waals surface area contributed by atoms with Crippen molar-refractivity contribution in [1.29, 1.82) is 0 Å². The average Bonchev–Trinajstić information content (AvgIpc) is 3.27. The molecule has 62 heavy (non-hydrogen) atoms. The van der Waals surface area contributed by atoms with Crippen LogP contribution in [0.5, 0.6) is 0 Å².